The zero-order valence-electron chi connectivity index (χ0n) is 10.6. The fraction of sp³-hybridized carbons (Fsp3) is 0.571. The monoisotopic (exact) mass is 296 g/mol. The van der Waals surface area contributed by atoms with E-state index in [4.69, 9.17) is 5.73 Å². The van der Waals surface area contributed by atoms with Gasteiger partial charge in [-0.05, 0) is 29.5 Å². The second-order valence-corrected chi connectivity index (χ2v) is 6.23. The molecule has 0 aliphatic carbocycles. The Morgan fingerprint density at radius 3 is 2.82 bits per heavy atom. The van der Waals surface area contributed by atoms with E-state index in [1.54, 1.807) is 0 Å². The van der Waals surface area contributed by atoms with Crippen molar-refractivity contribution >= 4 is 15.9 Å². The maximum absolute atomic E-state index is 6.06. The van der Waals surface area contributed by atoms with Crippen LogP contribution in [0.3, 0.4) is 0 Å². The molecule has 0 aromatic heterocycles. The molecule has 1 aromatic rings. The van der Waals surface area contributed by atoms with E-state index in [0.717, 1.165) is 24.1 Å². The normalized spacial score (nSPS) is 27.3. The van der Waals surface area contributed by atoms with Gasteiger partial charge < -0.3 is 10.6 Å². The highest BCUT2D eigenvalue weighted by molar-refractivity contribution is 9.10. The highest BCUT2D eigenvalue weighted by Gasteiger charge is 2.27. The molecule has 2 N–H and O–H groups in total. The van der Waals surface area contributed by atoms with Crippen molar-refractivity contribution < 1.29 is 0 Å². The van der Waals surface area contributed by atoms with Gasteiger partial charge in [0, 0.05) is 30.1 Å². The van der Waals surface area contributed by atoms with Crippen LogP contribution in [0.2, 0.25) is 0 Å². The molecule has 1 aromatic carbocycles. The highest BCUT2D eigenvalue weighted by atomic mass is 79.9. The predicted octanol–water partition coefficient (Wildman–Crippen LogP) is 2.83. The maximum Gasteiger partial charge on any atom is 0.0206 e. The fourth-order valence-corrected chi connectivity index (χ4v) is 2.97. The zero-order chi connectivity index (χ0) is 12.4. The molecule has 1 aliphatic rings. The number of rotatable bonds is 3. The number of hydrogen-bond acceptors (Lipinski definition) is 2. The van der Waals surface area contributed by atoms with Crippen molar-refractivity contribution in [3.05, 3.63) is 34.3 Å². The van der Waals surface area contributed by atoms with Gasteiger partial charge in [0.25, 0.3) is 0 Å². The lowest BCUT2D eigenvalue weighted by molar-refractivity contribution is 0.309. The van der Waals surface area contributed by atoms with Crippen LogP contribution >= 0.6 is 15.9 Å². The second kappa shape index (κ2) is 5.51. The van der Waals surface area contributed by atoms with Crippen LogP contribution in [0.5, 0.6) is 0 Å². The summed E-state index contributed by atoms with van der Waals surface area (Å²) in [6.45, 7) is 7.82. The molecule has 2 nitrogen and oxygen atoms in total. The summed E-state index contributed by atoms with van der Waals surface area (Å²) < 4.78 is 1.16. The summed E-state index contributed by atoms with van der Waals surface area (Å²) in [6.07, 6.45) is 0. The lowest BCUT2D eigenvalue weighted by atomic mass is 10.0. The fourth-order valence-electron chi connectivity index (χ4n) is 2.55. The third-order valence-electron chi connectivity index (χ3n) is 3.70. The van der Waals surface area contributed by atoms with E-state index in [1.165, 1.54) is 5.56 Å². The smallest absolute Gasteiger partial charge is 0.0206 e. The van der Waals surface area contributed by atoms with E-state index in [0.29, 0.717) is 17.9 Å². The Morgan fingerprint density at radius 1 is 1.47 bits per heavy atom. The standard InChI is InChI=1S/C14H21BrN2/c1-10(12-4-3-5-13(15)6-12)7-17-8-11(2)14(16)9-17/h3-6,10-11,14H,7-9,16H2,1-2H3. The molecule has 1 heterocycles. The minimum Gasteiger partial charge on any atom is -0.326 e. The van der Waals surface area contributed by atoms with Crippen LogP contribution in [0.1, 0.15) is 25.3 Å². The second-order valence-electron chi connectivity index (χ2n) is 5.32. The van der Waals surface area contributed by atoms with Gasteiger partial charge in [-0.3, -0.25) is 0 Å². The summed E-state index contributed by atoms with van der Waals surface area (Å²) in [5, 5.41) is 0. The molecule has 94 valence electrons. The minimum absolute atomic E-state index is 0.352. The van der Waals surface area contributed by atoms with Crippen molar-refractivity contribution in [3.63, 3.8) is 0 Å². The number of nitrogens with zero attached hydrogens (tertiary/aromatic N) is 1. The minimum atomic E-state index is 0.352. The van der Waals surface area contributed by atoms with E-state index >= 15 is 0 Å². The van der Waals surface area contributed by atoms with Crippen LogP contribution in [0.15, 0.2) is 28.7 Å². The summed E-state index contributed by atoms with van der Waals surface area (Å²) in [5.74, 6) is 1.19. The first kappa shape index (κ1) is 13.1. The predicted molar refractivity (Wildman–Crippen MR) is 76.1 cm³/mol. The summed E-state index contributed by atoms with van der Waals surface area (Å²) in [6, 6.07) is 8.95. The average molecular weight is 297 g/mol. The molecule has 0 bridgehead atoms. The molecule has 1 aliphatic heterocycles. The number of likely N-dealkylation sites (tertiary alicyclic amines) is 1. The quantitative estimate of drug-likeness (QED) is 0.929. The van der Waals surface area contributed by atoms with Gasteiger partial charge in [-0.2, -0.15) is 0 Å². The van der Waals surface area contributed by atoms with Crippen LogP contribution < -0.4 is 5.73 Å². The van der Waals surface area contributed by atoms with Gasteiger partial charge in [0.05, 0.1) is 0 Å². The molecule has 1 saturated heterocycles. The molecule has 0 amide bonds. The topological polar surface area (TPSA) is 29.3 Å². The molecule has 2 rings (SSSR count). The Labute approximate surface area is 112 Å². The van der Waals surface area contributed by atoms with Gasteiger partial charge in [-0.1, -0.05) is 41.9 Å². The van der Waals surface area contributed by atoms with Crippen LogP contribution in [-0.4, -0.2) is 30.6 Å². The summed E-state index contributed by atoms with van der Waals surface area (Å²) in [4.78, 5) is 2.49. The van der Waals surface area contributed by atoms with Gasteiger partial charge in [-0.15, -0.1) is 0 Å². The maximum atomic E-state index is 6.06. The SMILES string of the molecule is CC(CN1CC(C)C(N)C1)c1cccc(Br)c1. The van der Waals surface area contributed by atoms with Crippen LogP contribution in [0.25, 0.3) is 0 Å². The largest absolute Gasteiger partial charge is 0.326 e. The van der Waals surface area contributed by atoms with E-state index in [9.17, 15) is 0 Å². The molecule has 1 fully saturated rings. The molecule has 3 unspecified atom stereocenters. The number of halogens is 1. The van der Waals surface area contributed by atoms with Gasteiger partial charge in [0.2, 0.25) is 0 Å². The van der Waals surface area contributed by atoms with Gasteiger partial charge in [-0.25, -0.2) is 0 Å². The van der Waals surface area contributed by atoms with Gasteiger partial charge in [0.15, 0.2) is 0 Å². The molecule has 3 atom stereocenters. The molecule has 0 spiro atoms. The highest BCUT2D eigenvalue weighted by Crippen LogP contribution is 2.23. The third kappa shape index (κ3) is 3.30. The molecule has 17 heavy (non-hydrogen) atoms. The lowest BCUT2D eigenvalue weighted by Crippen LogP contribution is -2.30. The summed E-state index contributed by atoms with van der Waals surface area (Å²) in [5.41, 5.74) is 7.45. The van der Waals surface area contributed by atoms with Crippen molar-refractivity contribution in [1.29, 1.82) is 0 Å². The molecule has 0 saturated carbocycles. The number of benzene rings is 1. The van der Waals surface area contributed by atoms with Crippen LogP contribution in [0.4, 0.5) is 0 Å². The Balaban J connectivity index is 1.96. The van der Waals surface area contributed by atoms with Crippen molar-refractivity contribution in [3.8, 4) is 0 Å². The number of nitrogens with two attached hydrogens (primary N) is 1. The third-order valence-corrected chi connectivity index (χ3v) is 4.19. The van der Waals surface area contributed by atoms with Crippen molar-refractivity contribution in [2.45, 2.75) is 25.8 Å². The zero-order valence-corrected chi connectivity index (χ0v) is 12.2. The molecular weight excluding hydrogens is 276 g/mol. The first-order valence-corrected chi connectivity index (χ1v) is 7.09. The first-order chi connectivity index (χ1) is 8.06. The molecule has 0 radical (unpaired) electrons. The number of hydrogen-bond donors (Lipinski definition) is 1. The Kier molecular flexibility index (Phi) is 4.23. The van der Waals surface area contributed by atoms with E-state index in [2.05, 4.69) is 58.9 Å². The lowest BCUT2D eigenvalue weighted by Gasteiger charge is -2.21. The van der Waals surface area contributed by atoms with Gasteiger partial charge >= 0.3 is 0 Å². The Morgan fingerprint density at radius 2 is 2.24 bits per heavy atom. The Hall–Kier alpha value is -0.380. The summed E-state index contributed by atoms with van der Waals surface area (Å²) in [7, 11) is 0. The molecular formula is C14H21BrN2. The molecule has 3 heteroatoms. The van der Waals surface area contributed by atoms with Crippen molar-refractivity contribution in [2.24, 2.45) is 11.7 Å². The average Bonchev–Trinajstić information content (AvgIpc) is 2.58. The van der Waals surface area contributed by atoms with Gasteiger partial charge in [0.1, 0.15) is 0 Å². The van der Waals surface area contributed by atoms with E-state index in [1.807, 2.05) is 0 Å². The Bertz CT molecular complexity index is 370. The van der Waals surface area contributed by atoms with Crippen LogP contribution in [-0.2, 0) is 0 Å². The van der Waals surface area contributed by atoms with Crippen LogP contribution in [0, 0.1) is 5.92 Å². The van der Waals surface area contributed by atoms with Crippen molar-refractivity contribution in [1.82, 2.24) is 4.90 Å². The van der Waals surface area contributed by atoms with E-state index < -0.39 is 0 Å². The van der Waals surface area contributed by atoms with E-state index in [-0.39, 0.29) is 0 Å². The summed E-state index contributed by atoms with van der Waals surface area (Å²) >= 11 is 3.53. The van der Waals surface area contributed by atoms with Crippen molar-refractivity contribution in [2.75, 3.05) is 19.6 Å². The first-order valence-electron chi connectivity index (χ1n) is 6.29.